The van der Waals surface area contributed by atoms with Crippen LogP contribution in [0.5, 0.6) is 0 Å². The van der Waals surface area contributed by atoms with Crippen LogP contribution < -0.4 is 0 Å². The highest BCUT2D eigenvalue weighted by Gasteiger charge is 2.08. The van der Waals surface area contributed by atoms with Gasteiger partial charge < -0.3 is 5.01 Å². The molecular weight excluding hydrogens is 208 g/mol. The number of benzene rings is 1. The highest BCUT2D eigenvalue weighted by Crippen LogP contribution is 2.26. The van der Waals surface area contributed by atoms with Crippen molar-refractivity contribution in [2.45, 2.75) is 13.8 Å². The van der Waals surface area contributed by atoms with Crippen molar-refractivity contribution in [3.8, 4) is 0 Å². The van der Waals surface area contributed by atoms with Crippen LogP contribution in [0.3, 0.4) is 0 Å². The standard InChI is InChI=1S/C15H20N2/c1-11(2)14-9-7-8-13(10-16-17(5)6)15(14)12(3)4/h7-10H,1,3H2,2,4-6H3/b16-10-. The lowest BCUT2D eigenvalue weighted by atomic mass is 9.93. The molecule has 0 aromatic heterocycles. The number of hydrogen-bond donors (Lipinski definition) is 0. The molecule has 0 spiro atoms. The van der Waals surface area contributed by atoms with E-state index in [1.165, 1.54) is 0 Å². The van der Waals surface area contributed by atoms with Gasteiger partial charge in [-0.2, -0.15) is 5.10 Å². The lowest BCUT2D eigenvalue weighted by Gasteiger charge is -2.13. The average Bonchev–Trinajstić information content (AvgIpc) is 2.25. The monoisotopic (exact) mass is 228 g/mol. The third-order valence-corrected chi connectivity index (χ3v) is 2.41. The Morgan fingerprint density at radius 2 is 1.82 bits per heavy atom. The first-order chi connectivity index (χ1) is 7.93. The van der Waals surface area contributed by atoms with Gasteiger partial charge in [0.2, 0.25) is 0 Å². The maximum atomic E-state index is 4.28. The van der Waals surface area contributed by atoms with Crippen molar-refractivity contribution in [1.82, 2.24) is 5.01 Å². The molecule has 0 heterocycles. The van der Waals surface area contributed by atoms with E-state index in [1.807, 2.05) is 46.3 Å². The van der Waals surface area contributed by atoms with Gasteiger partial charge >= 0.3 is 0 Å². The lowest BCUT2D eigenvalue weighted by Crippen LogP contribution is -2.03. The quantitative estimate of drug-likeness (QED) is 0.567. The molecule has 0 saturated heterocycles. The van der Waals surface area contributed by atoms with Crippen LogP contribution in [0, 0.1) is 0 Å². The van der Waals surface area contributed by atoms with Gasteiger partial charge in [-0.1, -0.05) is 36.9 Å². The molecule has 1 rings (SSSR count). The predicted molar refractivity (Wildman–Crippen MR) is 77.1 cm³/mol. The molecule has 90 valence electrons. The third kappa shape index (κ3) is 3.31. The van der Waals surface area contributed by atoms with Gasteiger partial charge in [0, 0.05) is 19.7 Å². The summed E-state index contributed by atoms with van der Waals surface area (Å²) in [7, 11) is 3.80. The lowest BCUT2D eigenvalue weighted by molar-refractivity contribution is 0.440. The first-order valence-corrected chi connectivity index (χ1v) is 5.59. The van der Waals surface area contributed by atoms with Crippen molar-refractivity contribution in [3.05, 3.63) is 48.0 Å². The maximum Gasteiger partial charge on any atom is 0.0549 e. The molecule has 1 aromatic rings. The van der Waals surface area contributed by atoms with Gasteiger partial charge in [0.25, 0.3) is 0 Å². The van der Waals surface area contributed by atoms with E-state index < -0.39 is 0 Å². The van der Waals surface area contributed by atoms with E-state index >= 15 is 0 Å². The van der Waals surface area contributed by atoms with Gasteiger partial charge in [-0.15, -0.1) is 0 Å². The summed E-state index contributed by atoms with van der Waals surface area (Å²) in [6.45, 7) is 12.1. The van der Waals surface area contributed by atoms with Gasteiger partial charge in [-0.25, -0.2) is 0 Å². The fraction of sp³-hybridized carbons (Fsp3) is 0.267. The number of allylic oxidation sites excluding steroid dienone is 2. The summed E-state index contributed by atoms with van der Waals surface area (Å²) in [6, 6.07) is 6.14. The Kier molecular flexibility index (Phi) is 4.27. The molecule has 0 fully saturated rings. The van der Waals surface area contributed by atoms with E-state index in [1.54, 1.807) is 5.01 Å². The summed E-state index contributed by atoms with van der Waals surface area (Å²) in [5, 5.41) is 6.05. The average molecular weight is 228 g/mol. The van der Waals surface area contributed by atoms with Gasteiger partial charge in [-0.3, -0.25) is 0 Å². The molecule has 0 saturated carbocycles. The zero-order valence-electron chi connectivity index (χ0n) is 11.1. The molecule has 0 aliphatic rings. The van der Waals surface area contributed by atoms with Gasteiger partial charge in [0.15, 0.2) is 0 Å². The van der Waals surface area contributed by atoms with E-state index in [0.717, 1.165) is 27.8 Å². The number of hydrazone groups is 1. The van der Waals surface area contributed by atoms with Gasteiger partial charge in [0.1, 0.15) is 0 Å². The first-order valence-electron chi connectivity index (χ1n) is 5.59. The summed E-state index contributed by atoms with van der Waals surface area (Å²) in [5.74, 6) is 0. The predicted octanol–water partition coefficient (Wildman–Crippen LogP) is 3.65. The van der Waals surface area contributed by atoms with Crippen molar-refractivity contribution in [2.24, 2.45) is 5.10 Å². The van der Waals surface area contributed by atoms with E-state index in [0.29, 0.717) is 0 Å². The second kappa shape index (κ2) is 5.48. The second-order valence-electron chi connectivity index (χ2n) is 4.42. The highest BCUT2D eigenvalue weighted by atomic mass is 15.4. The summed E-state index contributed by atoms with van der Waals surface area (Å²) < 4.78 is 0. The largest absolute Gasteiger partial charge is 0.303 e. The zero-order chi connectivity index (χ0) is 13.0. The molecule has 17 heavy (non-hydrogen) atoms. The number of rotatable bonds is 4. The molecule has 1 aromatic carbocycles. The summed E-state index contributed by atoms with van der Waals surface area (Å²) >= 11 is 0. The zero-order valence-corrected chi connectivity index (χ0v) is 11.1. The Hall–Kier alpha value is -1.83. The summed E-state index contributed by atoms with van der Waals surface area (Å²) in [4.78, 5) is 0. The molecule has 0 unspecified atom stereocenters. The highest BCUT2D eigenvalue weighted by molar-refractivity contribution is 5.91. The Bertz CT molecular complexity index is 468. The van der Waals surface area contributed by atoms with Crippen LogP contribution >= 0.6 is 0 Å². The second-order valence-corrected chi connectivity index (χ2v) is 4.42. The van der Waals surface area contributed by atoms with Crippen LogP contribution in [-0.4, -0.2) is 25.3 Å². The minimum Gasteiger partial charge on any atom is -0.303 e. The van der Waals surface area contributed by atoms with E-state index in [9.17, 15) is 0 Å². The van der Waals surface area contributed by atoms with E-state index in [2.05, 4.69) is 24.3 Å². The summed E-state index contributed by atoms with van der Waals surface area (Å²) in [5.41, 5.74) is 5.42. The van der Waals surface area contributed by atoms with Crippen molar-refractivity contribution in [3.63, 3.8) is 0 Å². The van der Waals surface area contributed by atoms with Crippen LogP contribution in [0.15, 0.2) is 36.5 Å². The third-order valence-electron chi connectivity index (χ3n) is 2.41. The van der Waals surface area contributed by atoms with Crippen molar-refractivity contribution in [2.75, 3.05) is 14.1 Å². The Labute approximate surface area is 104 Å². The topological polar surface area (TPSA) is 15.6 Å². The Balaban J connectivity index is 3.35. The SMILES string of the molecule is C=C(C)c1cccc(/C=N\N(C)C)c1C(=C)C. The van der Waals surface area contributed by atoms with Crippen molar-refractivity contribution < 1.29 is 0 Å². The van der Waals surface area contributed by atoms with Gasteiger partial charge in [0.05, 0.1) is 6.21 Å². The molecule has 0 N–H and O–H groups in total. The number of hydrogen-bond acceptors (Lipinski definition) is 2. The minimum atomic E-state index is 1.03. The summed E-state index contributed by atoms with van der Waals surface area (Å²) in [6.07, 6.45) is 1.86. The fourth-order valence-corrected chi connectivity index (χ4v) is 1.69. The molecule has 0 bridgehead atoms. The molecule has 0 atom stereocenters. The molecule has 0 aliphatic carbocycles. The van der Waals surface area contributed by atoms with E-state index in [4.69, 9.17) is 0 Å². The first kappa shape index (κ1) is 13.2. The van der Waals surface area contributed by atoms with Crippen molar-refractivity contribution >= 4 is 17.4 Å². The molecule has 2 nitrogen and oxygen atoms in total. The molecule has 2 heteroatoms. The van der Waals surface area contributed by atoms with Crippen LogP contribution in [0.1, 0.15) is 30.5 Å². The van der Waals surface area contributed by atoms with Crippen LogP contribution in [0.2, 0.25) is 0 Å². The van der Waals surface area contributed by atoms with Crippen LogP contribution in [-0.2, 0) is 0 Å². The smallest absolute Gasteiger partial charge is 0.0549 e. The van der Waals surface area contributed by atoms with Gasteiger partial charge in [-0.05, 0) is 30.5 Å². The van der Waals surface area contributed by atoms with Crippen LogP contribution in [0.25, 0.3) is 11.1 Å². The normalized spacial score (nSPS) is 10.6. The van der Waals surface area contributed by atoms with Crippen molar-refractivity contribution in [1.29, 1.82) is 0 Å². The molecule has 0 amide bonds. The maximum absolute atomic E-state index is 4.28. The van der Waals surface area contributed by atoms with E-state index in [-0.39, 0.29) is 0 Å². The number of nitrogens with zero attached hydrogens (tertiary/aromatic N) is 2. The fourth-order valence-electron chi connectivity index (χ4n) is 1.69. The Morgan fingerprint density at radius 3 is 2.29 bits per heavy atom. The minimum absolute atomic E-state index is 1.03. The molecule has 0 aliphatic heterocycles. The Morgan fingerprint density at radius 1 is 1.18 bits per heavy atom. The molecular formula is C15H20N2. The molecule has 0 radical (unpaired) electrons. The van der Waals surface area contributed by atoms with Crippen LogP contribution in [0.4, 0.5) is 0 Å².